The molecule has 0 aliphatic carbocycles. The summed E-state index contributed by atoms with van der Waals surface area (Å²) in [6, 6.07) is 15.2. The van der Waals surface area contributed by atoms with Gasteiger partial charge in [0.2, 0.25) is 5.82 Å². The van der Waals surface area contributed by atoms with Gasteiger partial charge in [-0.25, -0.2) is 4.39 Å². The van der Waals surface area contributed by atoms with E-state index in [2.05, 4.69) is 20.3 Å². The first kappa shape index (κ1) is 15.1. The minimum absolute atomic E-state index is 0.291. The van der Waals surface area contributed by atoms with E-state index >= 15 is 0 Å². The number of rotatable bonds is 4. The fourth-order valence-corrected chi connectivity index (χ4v) is 2.39. The molecule has 2 aromatic carbocycles. The van der Waals surface area contributed by atoms with Crippen LogP contribution in [-0.2, 0) is 0 Å². The molecule has 6 nitrogen and oxygen atoms in total. The summed E-state index contributed by atoms with van der Waals surface area (Å²) in [6.45, 7) is 0. The molecule has 2 aromatic heterocycles. The van der Waals surface area contributed by atoms with Crippen molar-refractivity contribution in [1.82, 2.24) is 20.3 Å². The van der Waals surface area contributed by atoms with Crippen molar-refractivity contribution in [2.75, 3.05) is 7.11 Å². The third kappa shape index (κ3) is 2.99. The molecule has 4 aromatic rings. The Kier molecular flexibility index (Phi) is 3.74. The number of aromatic nitrogens is 4. The van der Waals surface area contributed by atoms with Crippen molar-refractivity contribution >= 4 is 0 Å². The Morgan fingerprint density at radius 3 is 2.44 bits per heavy atom. The largest absolute Gasteiger partial charge is 0.497 e. The van der Waals surface area contributed by atoms with Crippen molar-refractivity contribution in [2.45, 2.75) is 0 Å². The molecule has 7 heteroatoms. The van der Waals surface area contributed by atoms with Gasteiger partial charge in [0.1, 0.15) is 17.3 Å². The van der Waals surface area contributed by atoms with Crippen LogP contribution in [0.3, 0.4) is 0 Å². The van der Waals surface area contributed by atoms with Crippen LogP contribution in [0, 0.1) is 5.82 Å². The summed E-state index contributed by atoms with van der Waals surface area (Å²) < 4.78 is 23.5. The van der Waals surface area contributed by atoms with Crippen LogP contribution >= 0.6 is 0 Å². The second-order valence-electron chi connectivity index (χ2n) is 5.33. The predicted octanol–water partition coefficient (Wildman–Crippen LogP) is 3.94. The zero-order valence-corrected chi connectivity index (χ0v) is 13.2. The number of benzene rings is 2. The van der Waals surface area contributed by atoms with Crippen molar-refractivity contribution < 1.29 is 13.7 Å². The maximum absolute atomic E-state index is 13.0. The lowest BCUT2D eigenvalue weighted by Crippen LogP contribution is -1.84. The molecule has 0 amide bonds. The smallest absolute Gasteiger partial charge is 0.276 e. The van der Waals surface area contributed by atoms with E-state index in [-0.39, 0.29) is 5.82 Å². The van der Waals surface area contributed by atoms with Crippen LogP contribution in [0.2, 0.25) is 0 Å². The van der Waals surface area contributed by atoms with E-state index in [0.29, 0.717) is 23.1 Å². The molecular weight excluding hydrogens is 323 g/mol. The van der Waals surface area contributed by atoms with Gasteiger partial charge in [-0.2, -0.15) is 10.1 Å². The molecule has 25 heavy (non-hydrogen) atoms. The Morgan fingerprint density at radius 2 is 1.72 bits per heavy atom. The average molecular weight is 336 g/mol. The number of hydrogen-bond donors (Lipinski definition) is 1. The minimum Gasteiger partial charge on any atom is -0.497 e. The molecule has 0 saturated heterocycles. The lowest BCUT2D eigenvalue weighted by atomic mass is 10.1. The number of H-pyrrole nitrogens is 1. The molecule has 0 aliphatic rings. The highest BCUT2D eigenvalue weighted by Gasteiger charge is 2.14. The Hall–Kier alpha value is -3.48. The van der Waals surface area contributed by atoms with Gasteiger partial charge in [0.25, 0.3) is 5.89 Å². The highest BCUT2D eigenvalue weighted by molar-refractivity contribution is 5.65. The van der Waals surface area contributed by atoms with Gasteiger partial charge in [-0.3, -0.25) is 5.10 Å². The molecule has 2 heterocycles. The van der Waals surface area contributed by atoms with E-state index in [0.717, 1.165) is 16.9 Å². The maximum Gasteiger partial charge on any atom is 0.276 e. The third-order valence-corrected chi connectivity index (χ3v) is 3.72. The summed E-state index contributed by atoms with van der Waals surface area (Å²) in [5.74, 6) is 1.26. The van der Waals surface area contributed by atoms with Crippen LogP contribution < -0.4 is 4.74 Å². The van der Waals surface area contributed by atoms with E-state index in [1.54, 1.807) is 25.3 Å². The molecule has 0 fully saturated rings. The number of nitrogens with zero attached hydrogens (tertiary/aromatic N) is 3. The van der Waals surface area contributed by atoms with Crippen molar-refractivity contribution in [3.8, 4) is 40.0 Å². The Balaban J connectivity index is 1.60. The molecule has 0 aliphatic heterocycles. The van der Waals surface area contributed by atoms with Crippen LogP contribution in [0.25, 0.3) is 34.2 Å². The van der Waals surface area contributed by atoms with Crippen molar-refractivity contribution in [3.05, 3.63) is 60.4 Å². The van der Waals surface area contributed by atoms with Crippen LogP contribution in [0.15, 0.2) is 59.1 Å². The minimum atomic E-state index is -0.291. The molecule has 0 unspecified atom stereocenters. The van der Waals surface area contributed by atoms with Gasteiger partial charge < -0.3 is 9.26 Å². The molecule has 0 atom stereocenters. The van der Waals surface area contributed by atoms with Crippen molar-refractivity contribution in [1.29, 1.82) is 0 Å². The zero-order chi connectivity index (χ0) is 17.2. The summed E-state index contributed by atoms with van der Waals surface area (Å²) in [5.41, 5.74) is 2.86. The SMILES string of the molecule is COc1ccc(-c2noc(-c3cc(-c4ccc(F)cc4)n[nH]3)n2)cc1. The van der Waals surface area contributed by atoms with E-state index < -0.39 is 0 Å². The topological polar surface area (TPSA) is 76.8 Å². The first-order valence-corrected chi connectivity index (χ1v) is 7.53. The molecular formula is C18H13FN4O2. The number of nitrogens with one attached hydrogen (secondary N) is 1. The normalized spacial score (nSPS) is 10.8. The molecule has 124 valence electrons. The highest BCUT2D eigenvalue weighted by atomic mass is 19.1. The maximum atomic E-state index is 13.0. The molecule has 4 rings (SSSR count). The van der Waals surface area contributed by atoms with Gasteiger partial charge in [0, 0.05) is 11.1 Å². The quantitative estimate of drug-likeness (QED) is 0.611. The molecule has 0 radical (unpaired) electrons. The van der Waals surface area contributed by atoms with Gasteiger partial charge in [-0.05, 0) is 54.6 Å². The number of methoxy groups -OCH3 is 1. The van der Waals surface area contributed by atoms with Crippen LogP contribution in [-0.4, -0.2) is 27.4 Å². The molecule has 0 bridgehead atoms. The Bertz CT molecular complexity index is 991. The summed E-state index contributed by atoms with van der Waals surface area (Å²) in [7, 11) is 1.61. The van der Waals surface area contributed by atoms with E-state index in [1.807, 2.05) is 24.3 Å². The second-order valence-corrected chi connectivity index (χ2v) is 5.33. The first-order chi connectivity index (χ1) is 12.2. The summed E-state index contributed by atoms with van der Waals surface area (Å²) in [6.07, 6.45) is 0. The first-order valence-electron chi connectivity index (χ1n) is 7.53. The number of ether oxygens (including phenoxy) is 1. The van der Waals surface area contributed by atoms with Crippen LogP contribution in [0.4, 0.5) is 4.39 Å². The van der Waals surface area contributed by atoms with Crippen molar-refractivity contribution in [3.63, 3.8) is 0 Å². The average Bonchev–Trinajstić information content (AvgIpc) is 3.32. The van der Waals surface area contributed by atoms with Gasteiger partial charge >= 0.3 is 0 Å². The monoisotopic (exact) mass is 336 g/mol. The van der Waals surface area contributed by atoms with Crippen LogP contribution in [0.5, 0.6) is 5.75 Å². The van der Waals surface area contributed by atoms with Crippen LogP contribution in [0.1, 0.15) is 0 Å². The zero-order valence-electron chi connectivity index (χ0n) is 13.2. The summed E-state index contributed by atoms with van der Waals surface area (Å²) in [5, 5.41) is 11.1. The number of aromatic amines is 1. The fraction of sp³-hybridized carbons (Fsp3) is 0.0556. The number of halogens is 1. The fourth-order valence-electron chi connectivity index (χ4n) is 2.39. The predicted molar refractivity (Wildman–Crippen MR) is 89.3 cm³/mol. The van der Waals surface area contributed by atoms with Gasteiger partial charge in [0.05, 0.1) is 12.8 Å². The second kappa shape index (κ2) is 6.20. The molecule has 1 N–H and O–H groups in total. The van der Waals surface area contributed by atoms with Gasteiger partial charge in [-0.15, -0.1) is 0 Å². The van der Waals surface area contributed by atoms with Gasteiger partial charge in [0.15, 0.2) is 0 Å². The Labute approximate surface area is 142 Å². The molecule has 0 saturated carbocycles. The Morgan fingerprint density at radius 1 is 1.00 bits per heavy atom. The van der Waals surface area contributed by atoms with E-state index in [4.69, 9.17) is 9.26 Å². The summed E-state index contributed by atoms with van der Waals surface area (Å²) >= 11 is 0. The van der Waals surface area contributed by atoms with E-state index in [1.165, 1.54) is 12.1 Å². The molecule has 0 spiro atoms. The van der Waals surface area contributed by atoms with Crippen molar-refractivity contribution in [2.24, 2.45) is 0 Å². The van der Waals surface area contributed by atoms with Gasteiger partial charge in [-0.1, -0.05) is 5.16 Å². The number of hydrogen-bond acceptors (Lipinski definition) is 5. The van der Waals surface area contributed by atoms with E-state index in [9.17, 15) is 4.39 Å². The lowest BCUT2D eigenvalue weighted by molar-refractivity contribution is 0.414. The third-order valence-electron chi connectivity index (χ3n) is 3.72. The summed E-state index contributed by atoms with van der Waals surface area (Å²) in [4.78, 5) is 4.38. The lowest BCUT2D eigenvalue weighted by Gasteiger charge is -1.98. The standard InChI is InChI=1S/C18H13FN4O2/c1-24-14-8-4-12(5-9-14)17-20-18(25-23-17)16-10-15(21-22-16)11-2-6-13(19)7-3-11/h2-10H,1H3,(H,21,22). The highest BCUT2D eigenvalue weighted by Crippen LogP contribution is 2.25.